The van der Waals surface area contributed by atoms with E-state index in [-0.39, 0.29) is 10.8 Å². The molecule has 0 bridgehead atoms. The molecule has 0 amide bonds. The molecular formula is C14H11ClFN3O2S2. The molecule has 0 saturated heterocycles. The maximum absolute atomic E-state index is 13.8. The van der Waals surface area contributed by atoms with Gasteiger partial charge in [0.15, 0.2) is 0 Å². The van der Waals surface area contributed by atoms with Crippen LogP contribution in [0.1, 0.15) is 5.56 Å². The SMILES string of the molecule is O=S(=O)(Nc1cnn(Cc2c(F)cccc2Cl)c1)c1cccs1. The molecule has 2 heterocycles. The molecule has 23 heavy (non-hydrogen) atoms. The zero-order valence-electron chi connectivity index (χ0n) is 11.6. The summed E-state index contributed by atoms with van der Waals surface area (Å²) in [5.74, 6) is -0.436. The molecule has 2 aromatic heterocycles. The Kier molecular flexibility index (Phi) is 4.38. The van der Waals surface area contributed by atoms with E-state index in [1.807, 2.05) is 0 Å². The zero-order chi connectivity index (χ0) is 16.4. The first-order valence-electron chi connectivity index (χ1n) is 6.47. The van der Waals surface area contributed by atoms with Crippen molar-refractivity contribution in [1.29, 1.82) is 0 Å². The molecule has 1 aromatic carbocycles. The average Bonchev–Trinajstić information content (AvgIpc) is 3.14. The smallest absolute Gasteiger partial charge is 0.271 e. The largest absolute Gasteiger partial charge is 0.276 e. The lowest BCUT2D eigenvalue weighted by Gasteiger charge is -2.06. The van der Waals surface area contributed by atoms with Gasteiger partial charge in [0, 0.05) is 16.8 Å². The molecule has 0 saturated carbocycles. The van der Waals surface area contributed by atoms with E-state index >= 15 is 0 Å². The van der Waals surface area contributed by atoms with Crippen molar-refractivity contribution in [3.8, 4) is 0 Å². The number of hydrogen-bond donors (Lipinski definition) is 1. The third-order valence-corrected chi connectivity index (χ3v) is 6.16. The number of halogens is 2. The topological polar surface area (TPSA) is 64.0 Å². The minimum absolute atomic E-state index is 0.103. The summed E-state index contributed by atoms with van der Waals surface area (Å²) >= 11 is 7.09. The number of nitrogens with one attached hydrogen (secondary N) is 1. The first-order chi connectivity index (χ1) is 11.0. The van der Waals surface area contributed by atoms with Crippen molar-refractivity contribution in [2.75, 3.05) is 4.72 Å². The molecule has 3 rings (SSSR count). The van der Waals surface area contributed by atoms with Crippen LogP contribution >= 0.6 is 22.9 Å². The van der Waals surface area contributed by atoms with E-state index in [4.69, 9.17) is 11.6 Å². The molecule has 5 nitrogen and oxygen atoms in total. The van der Waals surface area contributed by atoms with Gasteiger partial charge in [-0.3, -0.25) is 9.40 Å². The van der Waals surface area contributed by atoms with Gasteiger partial charge >= 0.3 is 0 Å². The summed E-state index contributed by atoms with van der Waals surface area (Å²) in [7, 11) is -3.63. The predicted molar refractivity (Wildman–Crippen MR) is 87.9 cm³/mol. The summed E-state index contributed by atoms with van der Waals surface area (Å²) in [5.41, 5.74) is 0.593. The second kappa shape index (κ2) is 6.31. The van der Waals surface area contributed by atoms with Crippen LogP contribution in [0.5, 0.6) is 0 Å². The molecule has 3 aromatic rings. The number of anilines is 1. The predicted octanol–water partition coefficient (Wildman–Crippen LogP) is 3.59. The summed E-state index contributed by atoms with van der Waals surface area (Å²) in [5, 5.41) is 6.00. The average molecular weight is 372 g/mol. The van der Waals surface area contributed by atoms with Crippen LogP contribution in [0.2, 0.25) is 5.02 Å². The summed E-state index contributed by atoms with van der Waals surface area (Å²) in [6, 6.07) is 7.58. The van der Waals surface area contributed by atoms with Crippen LogP contribution in [0.15, 0.2) is 52.3 Å². The fourth-order valence-corrected chi connectivity index (χ4v) is 4.21. The number of hydrogen-bond acceptors (Lipinski definition) is 4. The van der Waals surface area contributed by atoms with Gasteiger partial charge in [-0.15, -0.1) is 11.3 Å². The zero-order valence-corrected chi connectivity index (χ0v) is 14.0. The van der Waals surface area contributed by atoms with Crippen LogP contribution in [0.3, 0.4) is 0 Å². The van der Waals surface area contributed by atoms with Gasteiger partial charge < -0.3 is 0 Å². The quantitative estimate of drug-likeness (QED) is 0.745. The van der Waals surface area contributed by atoms with Crippen LogP contribution in [-0.2, 0) is 16.6 Å². The lowest BCUT2D eigenvalue weighted by molar-refractivity contribution is 0.585. The molecule has 0 aliphatic rings. The number of rotatable bonds is 5. The molecule has 0 aliphatic heterocycles. The van der Waals surface area contributed by atoms with Gasteiger partial charge in [-0.1, -0.05) is 23.7 Å². The van der Waals surface area contributed by atoms with E-state index in [2.05, 4.69) is 9.82 Å². The first kappa shape index (κ1) is 16.0. The molecule has 1 N–H and O–H groups in total. The minimum Gasteiger partial charge on any atom is -0.276 e. The second-order valence-electron chi connectivity index (χ2n) is 4.66. The third-order valence-electron chi connectivity index (χ3n) is 3.03. The van der Waals surface area contributed by atoms with E-state index in [0.717, 1.165) is 11.3 Å². The number of sulfonamides is 1. The Hall–Kier alpha value is -1.90. The number of aromatic nitrogens is 2. The van der Waals surface area contributed by atoms with Crippen molar-refractivity contribution in [3.05, 3.63) is 64.5 Å². The fraction of sp³-hybridized carbons (Fsp3) is 0.0714. The van der Waals surface area contributed by atoms with Gasteiger partial charge in [0.2, 0.25) is 0 Å². The number of thiophene rings is 1. The Bertz CT molecular complexity index is 903. The van der Waals surface area contributed by atoms with Crippen molar-refractivity contribution < 1.29 is 12.8 Å². The van der Waals surface area contributed by atoms with Gasteiger partial charge in [-0.2, -0.15) is 5.10 Å². The van der Waals surface area contributed by atoms with Gasteiger partial charge in [0.05, 0.1) is 18.4 Å². The molecular weight excluding hydrogens is 361 g/mol. The maximum Gasteiger partial charge on any atom is 0.271 e. The summed E-state index contributed by atoms with van der Waals surface area (Å²) in [4.78, 5) is 0. The Labute approximate surface area is 141 Å². The number of benzene rings is 1. The van der Waals surface area contributed by atoms with Gasteiger partial charge in [0.1, 0.15) is 10.0 Å². The van der Waals surface area contributed by atoms with Gasteiger partial charge in [-0.25, -0.2) is 12.8 Å². The van der Waals surface area contributed by atoms with Crippen LogP contribution in [0, 0.1) is 5.82 Å². The van der Waals surface area contributed by atoms with Gasteiger partial charge in [-0.05, 0) is 23.6 Å². The monoisotopic (exact) mass is 371 g/mol. The van der Waals surface area contributed by atoms with Gasteiger partial charge in [0.25, 0.3) is 10.0 Å². The second-order valence-corrected chi connectivity index (χ2v) is 7.93. The van der Waals surface area contributed by atoms with Crippen molar-refractivity contribution in [1.82, 2.24) is 9.78 Å². The van der Waals surface area contributed by atoms with Crippen molar-refractivity contribution >= 4 is 38.6 Å². The van der Waals surface area contributed by atoms with E-state index in [9.17, 15) is 12.8 Å². The standard InChI is InChI=1S/C14H11ClFN3O2S2/c15-12-3-1-4-13(16)11(12)9-19-8-10(7-17-19)18-23(20,21)14-5-2-6-22-14/h1-8,18H,9H2. The highest BCUT2D eigenvalue weighted by Gasteiger charge is 2.16. The molecule has 0 unspecified atom stereocenters. The van der Waals surface area contributed by atoms with Crippen LogP contribution in [0.25, 0.3) is 0 Å². The van der Waals surface area contributed by atoms with E-state index in [1.165, 1.54) is 35.3 Å². The first-order valence-corrected chi connectivity index (χ1v) is 9.21. The Morgan fingerprint density at radius 3 is 2.83 bits per heavy atom. The third kappa shape index (κ3) is 3.54. The Morgan fingerprint density at radius 1 is 1.30 bits per heavy atom. The Balaban J connectivity index is 1.79. The Morgan fingerprint density at radius 2 is 2.13 bits per heavy atom. The summed E-state index contributed by atoms with van der Waals surface area (Å²) < 4.78 is 42.1. The highest BCUT2D eigenvalue weighted by atomic mass is 35.5. The lowest BCUT2D eigenvalue weighted by atomic mass is 10.2. The van der Waals surface area contributed by atoms with E-state index < -0.39 is 15.8 Å². The normalized spacial score (nSPS) is 11.6. The molecule has 120 valence electrons. The highest BCUT2D eigenvalue weighted by Crippen LogP contribution is 2.22. The van der Waals surface area contributed by atoms with Crippen LogP contribution in [-0.4, -0.2) is 18.2 Å². The minimum atomic E-state index is -3.63. The number of nitrogens with zero attached hydrogens (tertiary/aromatic N) is 2. The fourth-order valence-electron chi connectivity index (χ4n) is 1.97. The van der Waals surface area contributed by atoms with Crippen LogP contribution < -0.4 is 4.72 Å². The molecule has 0 fully saturated rings. The highest BCUT2D eigenvalue weighted by molar-refractivity contribution is 7.94. The molecule has 0 atom stereocenters. The van der Waals surface area contributed by atoms with Crippen molar-refractivity contribution in [2.24, 2.45) is 0 Å². The molecule has 0 spiro atoms. The molecule has 0 aliphatic carbocycles. The van der Waals surface area contributed by atoms with Crippen LogP contribution in [0.4, 0.5) is 10.1 Å². The van der Waals surface area contributed by atoms with E-state index in [1.54, 1.807) is 17.5 Å². The van der Waals surface area contributed by atoms with Crippen molar-refractivity contribution in [2.45, 2.75) is 10.8 Å². The maximum atomic E-state index is 13.8. The summed E-state index contributed by atoms with van der Waals surface area (Å²) in [6.07, 6.45) is 2.84. The summed E-state index contributed by atoms with van der Waals surface area (Å²) in [6.45, 7) is 0.103. The lowest BCUT2D eigenvalue weighted by Crippen LogP contribution is -2.11. The molecule has 0 radical (unpaired) electrons. The molecule has 9 heteroatoms. The van der Waals surface area contributed by atoms with Crippen molar-refractivity contribution in [3.63, 3.8) is 0 Å². The van der Waals surface area contributed by atoms with E-state index in [0.29, 0.717) is 16.3 Å².